The Balaban J connectivity index is 1.21. The average Bonchev–Trinajstić information content (AvgIpc) is 3.42. The number of halogens is 6. The third-order valence-corrected chi connectivity index (χ3v) is 8.42. The van der Waals surface area contributed by atoms with Crippen LogP contribution in [-0.2, 0) is 30.3 Å². The molecule has 0 spiro atoms. The summed E-state index contributed by atoms with van der Waals surface area (Å²) in [5.74, 6) is 1.16. The molecule has 10 nitrogen and oxygen atoms in total. The zero-order valence-electron chi connectivity index (χ0n) is 25.8. The van der Waals surface area contributed by atoms with Crippen LogP contribution in [0, 0.1) is 0 Å². The van der Waals surface area contributed by atoms with Crippen LogP contribution in [-0.4, -0.2) is 78.4 Å². The van der Waals surface area contributed by atoms with Crippen LogP contribution in [0.15, 0.2) is 52.4 Å². The first kappa shape index (κ1) is 34.8. The number of piperazine rings is 1. The van der Waals surface area contributed by atoms with Gasteiger partial charge in [0.15, 0.2) is 16.7 Å². The van der Waals surface area contributed by atoms with E-state index in [1.54, 1.807) is 18.2 Å². The highest BCUT2D eigenvalue weighted by Gasteiger charge is 2.38. The maximum Gasteiger partial charge on any atom is 0.416 e. The predicted molar refractivity (Wildman–Crippen MR) is 164 cm³/mol. The zero-order chi connectivity index (χ0) is 34.6. The van der Waals surface area contributed by atoms with Gasteiger partial charge < -0.3 is 23.8 Å². The first-order valence-corrected chi connectivity index (χ1v) is 15.1. The van der Waals surface area contributed by atoms with Crippen LogP contribution in [0.5, 0.6) is 23.3 Å². The molecule has 0 radical (unpaired) electrons. The van der Waals surface area contributed by atoms with Crippen LogP contribution < -0.4 is 18.9 Å². The molecule has 2 aromatic carbocycles. The molecule has 1 aromatic heterocycles. The predicted octanol–water partition coefficient (Wildman–Crippen LogP) is 5.91. The van der Waals surface area contributed by atoms with Crippen molar-refractivity contribution >= 4 is 28.9 Å². The number of benzene rings is 2. The highest BCUT2D eigenvalue weighted by molar-refractivity contribution is 8.18. The summed E-state index contributed by atoms with van der Waals surface area (Å²) in [5.41, 5.74) is -2.80. The number of hydrogen-bond donors (Lipinski definition) is 0. The topological polar surface area (TPSA) is 98.6 Å². The Kier molecular flexibility index (Phi) is 10.4. The van der Waals surface area contributed by atoms with Gasteiger partial charge in [0.1, 0.15) is 12.4 Å². The average molecular weight is 698 g/mol. The molecular formula is C31H29F6N5O5S. The number of aliphatic imine (C=N–C) groups is 1. The second kappa shape index (κ2) is 14.3. The van der Waals surface area contributed by atoms with Crippen molar-refractivity contribution in [3.05, 3.63) is 75.4 Å². The SMILES string of the molecule is COc1cc(OC)nc(CN2CCN(C3=NC(=O)C(=Cc4ccc(OCc5ccc(C(F)(F)F)cc5C(F)(F)F)c(OC)c4)S3)CC2)n1. The molecule has 2 aliphatic rings. The summed E-state index contributed by atoms with van der Waals surface area (Å²) in [6.45, 7) is 2.39. The number of aromatic nitrogens is 2. The number of rotatable bonds is 9. The van der Waals surface area contributed by atoms with E-state index >= 15 is 0 Å². The van der Waals surface area contributed by atoms with E-state index in [0.29, 0.717) is 72.0 Å². The number of carbonyl (C=O) groups is 1. The van der Waals surface area contributed by atoms with Gasteiger partial charge in [0, 0.05) is 31.7 Å². The second-order valence-corrected chi connectivity index (χ2v) is 11.5. The number of amidine groups is 1. The molecule has 48 heavy (non-hydrogen) atoms. The van der Waals surface area contributed by atoms with Crippen molar-refractivity contribution in [1.29, 1.82) is 0 Å². The fourth-order valence-corrected chi connectivity index (χ4v) is 5.87. The van der Waals surface area contributed by atoms with Gasteiger partial charge in [0.25, 0.3) is 5.91 Å². The van der Waals surface area contributed by atoms with E-state index in [1.807, 2.05) is 4.90 Å². The summed E-state index contributed by atoms with van der Waals surface area (Å²) in [7, 11) is 4.36. The monoisotopic (exact) mass is 697 g/mol. The molecular weight excluding hydrogens is 668 g/mol. The minimum absolute atomic E-state index is 0.0608. The van der Waals surface area contributed by atoms with E-state index in [1.165, 1.54) is 45.2 Å². The molecule has 3 aromatic rings. The summed E-state index contributed by atoms with van der Waals surface area (Å²) in [4.78, 5) is 30.3. The highest BCUT2D eigenvalue weighted by Crippen LogP contribution is 2.39. The maximum absolute atomic E-state index is 13.5. The van der Waals surface area contributed by atoms with Gasteiger partial charge in [-0.2, -0.15) is 41.3 Å². The minimum atomic E-state index is -5.03. The normalized spacial score (nSPS) is 16.7. The number of carbonyl (C=O) groups excluding carboxylic acids is 1. The molecule has 17 heteroatoms. The molecule has 1 amide bonds. The number of amides is 1. The molecule has 1 saturated heterocycles. The van der Waals surface area contributed by atoms with Gasteiger partial charge in [0.05, 0.1) is 50.0 Å². The van der Waals surface area contributed by atoms with Crippen LogP contribution in [0.1, 0.15) is 28.1 Å². The maximum atomic E-state index is 13.5. The number of alkyl halides is 6. The molecule has 0 saturated carbocycles. The molecule has 0 bridgehead atoms. The zero-order valence-corrected chi connectivity index (χ0v) is 26.6. The van der Waals surface area contributed by atoms with Gasteiger partial charge in [-0.05, 0) is 47.7 Å². The van der Waals surface area contributed by atoms with Crippen molar-refractivity contribution in [3.8, 4) is 23.3 Å². The lowest BCUT2D eigenvalue weighted by molar-refractivity contribution is -0.143. The number of nitrogens with zero attached hydrogens (tertiary/aromatic N) is 5. The second-order valence-electron chi connectivity index (χ2n) is 10.5. The molecule has 0 N–H and O–H groups in total. The van der Waals surface area contributed by atoms with Gasteiger partial charge in [-0.15, -0.1) is 0 Å². The molecule has 256 valence electrons. The van der Waals surface area contributed by atoms with E-state index in [0.717, 1.165) is 6.07 Å². The number of ether oxygens (including phenoxy) is 4. The third kappa shape index (κ3) is 8.31. The summed E-state index contributed by atoms with van der Waals surface area (Å²) in [6, 6.07) is 7.51. The fraction of sp³-hybridized carbons (Fsp3) is 0.355. The van der Waals surface area contributed by atoms with E-state index in [4.69, 9.17) is 18.9 Å². The van der Waals surface area contributed by atoms with E-state index in [9.17, 15) is 31.1 Å². The summed E-state index contributed by atoms with van der Waals surface area (Å²) >= 11 is 1.22. The third-order valence-electron chi connectivity index (χ3n) is 7.37. The Hall–Kier alpha value is -4.51. The smallest absolute Gasteiger partial charge is 0.416 e. The largest absolute Gasteiger partial charge is 0.493 e. The Morgan fingerprint density at radius 3 is 2.12 bits per heavy atom. The molecule has 0 unspecified atom stereocenters. The van der Waals surface area contributed by atoms with Gasteiger partial charge >= 0.3 is 12.4 Å². The molecule has 5 rings (SSSR count). The minimum Gasteiger partial charge on any atom is -0.493 e. The Bertz CT molecular complexity index is 1700. The van der Waals surface area contributed by atoms with Crippen LogP contribution >= 0.6 is 11.8 Å². The van der Waals surface area contributed by atoms with Crippen LogP contribution in [0.2, 0.25) is 0 Å². The standard InChI is InChI=1S/C31H29F6N5O5S/c1-44-23-12-18(4-7-22(23)47-17-19-5-6-20(30(32,33)34)14-21(19)31(35,36)37)13-24-28(43)40-29(48-24)42-10-8-41(9-11-42)16-25-38-26(45-2)15-27(39-25)46-3/h4-7,12-15H,8-11,16-17H2,1-3H3. The summed E-state index contributed by atoms with van der Waals surface area (Å²) in [5, 5.41) is 0.564. The molecule has 2 aliphatic heterocycles. The Morgan fingerprint density at radius 2 is 1.52 bits per heavy atom. The quantitative estimate of drug-likeness (QED) is 0.198. The van der Waals surface area contributed by atoms with E-state index in [2.05, 4.69) is 19.9 Å². The Labute approximate surface area is 275 Å². The fourth-order valence-electron chi connectivity index (χ4n) is 4.90. The molecule has 3 heterocycles. The van der Waals surface area contributed by atoms with Crippen molar-refractivity contribution in [3.63, 3.8) is 0 Å². The van der Waals surface area contributed by atoms with Crippen molar-refractivity contribution in [2.75, 3.05) is 47.5 Å². The van der Waals surface area contributed by atoms with Gasteiger partial charge in [-0.25, -0.2) is 0 Å². The van der Waals surface area contributed by atoms with Crippen LogP contribution in [0.25, 0.3) is 6.08 Å². The van der Waals surface area contributed by atoms with Crippen molar-refractivity contribution in [2.45, 2.75) is 25.5 Å². The molecule has 0 aliphatic carbocycles. The van der Waals surface area contributed by atoms with Crippen LogP contribution in [0.4, 0.5) is 26.3 Å². The number of thioether (sulfide) groups is 1. The van der Waals surface area contributed by atoms with Crippen molar-refractivity contribution in [2.24, 2.45) is 4.99 Å². The Morgan fingerprint density at radius 1 is 0.833 bits per heavy atom. The van der Waals surface area contributed by atoms with E-state index in [-0.39, 0.29) is 17.6 Å². The lowest BCUT2D eigenvalue weighted by Gasteiger charge is -2.34. The number of methoxy groups -OCH3 is 3. The molecule has 1 fully saturated rings. The summed E-state index contributed by atoms with van der Waals surface area (Å²) < 4.78 is 101. The number of hydrogen-bond acceptors (Lipinski definition) is 10. The van der Waals surface area contributed by atoms with Crippen LogP contribution in [0.3, 0.4) is 0 Å². The van der Waals surface area contributed by atoms with Crippen molar-refractivity contribution in [1.82, 2.24) is 19.8 Å². The summed E-state index contributed by atoms with van der Waals surface area (Å²) in [6.07, 6.45) is -8.35. The van der Waals surface area contributed by atoms with Gasteiger partial charge in [-0.3, -0.25) is 9.69 Å². The first-order valence-electron chi connectivity index (χ1n) is 14.3. The van der Waals surface area contributed by atoms with Crippen molar-refractivity contribution < 1.29 is 50.1 Å². The lowest BCUT2D eigenvalue weighted by Crippen LogP contribution is -2.47. The van der Waals surface area contributed by atoms with Gasteiger partial charge in [0.2, 0.25) is 11.8 Å². The lowest BCUT2D eigenvalue weighted by atomic mass is 10.0. The van der Waals surface area contributed by atoms with E-state index < -0.39 is 41.6 Å². The first-order chi connectivity index (χ1) is 22.8. The van der Waals surface area contributed by atoms with Gasteiger partial charge in [-0.1, -0.05) is 12.1 Å². The highest BCUT2D eigenvalue weighted by atomic mass is 32.2. The molecule has 0 atom stereocenters.